The Morgan fingerprint density at radius 1 is 1.33 bits per heavy atom. The van der Waals surface area contributed by atoms with Gasteiger partial charge in [0.15, 0.2) is 0 Å². The number of nitrogens with two attached hydrogens (primary N) is 1. The van der Waals surface area contributed by atoms with Crippen LogP contribution in [-0.2, 0) is 9.59 Å². The van der Waals surface area contributed by atoms with Gasteiger partial charge in [0, 0.05) is 19.0 Å². The van der Waals surface area contributed by atoms with Crippen LogP contribution in [0.1, 0.15) is 27.2 Å². The van der Waals surface area contributed by atoms with Crippen LogP contribution in [0, 0.1) is 5.92 Å². The highest BCUT2D eigenvalue weighted by Gasteiger charge is 2.14. The van der Waals surface area contributed by atoms with Crippen molar-refractivity contribution in [3.05, 3.63) is 0 Å². The second-order valence-electron chi connectivity index (χ2n) is 3.72. The first-order valence-corrected chi connectivity index (χ1v) is 5.29. The van der Waals surface area contributed by atoms with E-state index in [2.05, 4.69) is 10.6 Å². The molecule has 2 unspecified atom stereocenters. The van der Waals surface area contributed by atoms with Gasteiger partial charge in [-0.05, 0) is 13.3 Å². The molecule has 0 aliphatic rings. The van der Waals surface area contributed by atoms with Crippen LogP contribution in [0.4, 0.5) is 0 Å². The second kappa shape index (κ2) is 7.23. The van der Waals surface area contributed by atoms with E-state index >= 15 is 0 Å². The number of carbonyl (C=O) groups excluding carboxylic acids is 2. The predicted molar refractivity (Wildman–Crippen MR) is 59.1 cm³/mol. The van der Waals surface area contributed by atoms with E-state index in [4.69, 9.17) is 5.73 Å². The molecule has 4 N–H and O–H groups in total. The van der Waals surface area contributed by atoms with E-state index in [1.54, 1.807) is 13.8 Å². The summed E-state index contributed by atoms with van der Waals surface area (Å²) in [6.07, 6.45) is 0.913. The van der Waals surface area contributed by atoms with Crippen molar-refractivity contribution in [3.8, 4) is 0 Å². The van der Waals surface area contributed by atoms with Crippen molar-refractivity contribution < 1.29 is 9.59 Å². The van der Waals surface area contributed by atoms with Crippen LogP contribution in [0.5, 0.6) is 0 Å². The maximum Gasteiger partial charge on any atom is 0.236 e. The highest BCUT2D eigenvalue weighted by Crippen LogP contribution is 1.91. The minimum absolute atomic E-state index is 0.0477. The molecule has 0 spiro atoms. The summed E-state index contributed by atoms with van der Waals surface area (Å²) < 4.78 is 0. The second-order valence-corrected chi connectivity index (χ2v) is 3.72. The zero-order valence-electron chi connectivity index (χ0n) is 9.67. The largest absolute Gasteiger partial charge is 0.369 e. The highest BCUT2D eigenvalue weighted by atomic mass is 16.2. The summed E-state index contributed by atoms with van der Waals surface area (Å²) in [6.45, 7) is 6.59. The van der Waals surface area contributed by atoms with Crippen LogP contribution in [0.2, 0.25) is 0 Å². The van der Waals surface area contributed by atoms with Crippen LogP contribution in [-0.4, -0.2) is 30.9 Å². The highest BCUT2D eigenvalue weighted by molar-refractivity contribution is 5.81. The van der Waals surface area contributed by atoms with Crippen LogP contribution >= 0.6 is 0 Å². The average Bonchev–Trinajstić information content (AvgIpc) is 2.21. The van der Waals surface area contributed by atoms with Crippen molar-refractivity contribution in [2.45, 2.75) is 33.2 Å². The number of carbonyl (C=O) groups is 2. The molecule has 2 amide bonds. The molecule has 2 atom stereocenters. The minimum Gasteiger partial charge on any atom is -0.369 e. The van der Waals surface area contributed by atoms with E-state index < -0.39 is 0 Å². The Hall–Kier alpha value is -1.10. The van der Waals surface area contributed by atoms with Crippen molar-refractivity contribution >= 4 is 11.8 Å². The van der Waals surface area contributed by atoms with E-state index in [1.165, 1.54) is 0 Å². The summed E-state index contributed by atoms with van der Waals surface area (Å²) in [5.41, 5.74) is 5.10. The number of rotatable bonds is 7. The Bertz CT molecular complexity index is 219. The molecule has 0 aliphatic heterocycles. The normalized spacial score (nSPS) is 14.3. The summed E-state index contributed by atoms with van der Waals surface area (Å²) >= 11 is 0. The number of hydrogen-bond donors (Lipinski definition) is 3. The summed E-state index contributed by atoms with van der Waals surface area (Å²) in [5, 5.41) is 5.73. The Balaban J connectivity index is 3.77. The van der Waals surface area contributed by atoms with Gasteiger partial charge in [0.05, 0.1) is 6.04 Å². The summed E-state index contributed by atoms with van der Waals surface area (Å²) in [5.74, 6) is -0.663. The fourth-order valence-electron chi connectivity index (χ4n) is 0.948. The Kier molecular flexibility index (Phi) is 6.70. The van der Waals surface area contributed by atoms with E-state index in [0.29, 0.717) is 13.1 Å². The van der Waals surface area contributed by atoms with Crippen molar-refractivity contribution in [2.24, 2.45) is 11.7 Å². The zero-order valence-corrected chi connectivity index (χ0v) is 9.67. The van der Waals surface area contributed by atoms with E-state index in [1.807, 2.05) is 6.92 Å². The van der Waals surface area contributed by atoms with E-state index in [9.17, 15) is 9.59 Å². The van der Waals surface area contributed by atoms with Crippen molar-refractivity contribution in [3.63, 3.8) is 0 Å². The third-order valence-corrected chi connectivity index (χ3v) is 2.16. The van der Waals surface area contributed by atoms with Gasteiger partial charge < -0.3 is 16.4 Å². The molecule has 0 aromatic rings. The van der Waals surface area contributed by atoms with Crippen LogP contribution < -0.4 is 16.4 Å². The monoisotopic (exact) mass is 215 g/mol. The van der Waals surface area contributed by atoms with Crippen LogP contribution in [0.15, 0.2) is 0 Å². The molecule has 5 nitrogen and oxygen atoms in total. The molecule has 0 aliphatic carbocycles. The Labute approximate surface area is 90.8 Å². The smallest absolute Gasteiger partial charge is 0.236 e. The van der Waals surface area contributed by atoms with Gasteiger partial charge in [-0.25, -0.2) is 0 Å². The quantitative estimate of drug-likeness (QED) is 0.541. The Morgan fingerprint density at radius 3 is 2.40 bits per heavy atom. The Morgan fingerprint density at radius 2 is 1.93 bits per heavy atom. The fraction of sp³-hybridized carbons (Fsp3) is 0.800. The molecule has 0 bridgehead atoms. The molecule has 0 radical (unpaired) electrons. The van der Waals surface area contributed by atoms with Crippen LogP contribution in [0.3, 0.4) is 0 Å². The number of amides is 2. The van der Waals surface area contributed by atoms with Gasteiger partial charge >= 0.3 is 0 Å². The minimum atomic E-state index is -0.358. The molecule has 0 fully saturated rings. The number of nitrogens with one attached hydrogen (secondary N) is 2. The molecule has 0 aromatic heterocycles. The molecular formula is C10H21N3O2. The van der Waals surface area contributed by atoms with Gasteiger partial charge in [-0.2, -0.15) is 0 Å². The molecule has 0 aromatic carbocycles. The van der Waals surface area contributed by atoms with Crippen molar-refractivity contribution in [1.82, 2.24) is 10.6 Å². The first-order chi connectivity index (χ1) is 6.99. The third-order valence-electron chi connectivity index (χ3n) is 2.16. The number of hydrogen-bond acceptors (Lipinski definition) is 3. The molecule has 5 heteroatoms. The fourth-order valence-corrected chi connectivity index (χ4v) is 0.948. The standard InChI is InChI=1S/C10H21N3O2/c1-4-5-12-10(15)8(3)13-6-7(2)9(11)14/h7-8,13H,4-6H2,1-3H3,(H2,11,14)(H,12,15). The lowest BCUT2D eigenvalue weighted by molar-refractivity contribution is -0.124. The van der Waals surface area contributed by atoms with Gasteiger partial charge in [-0.15, -0.1) is 0 Å². The molecule has 0 saturated carbocycles. The predicted octanol–water partition coefficient (Wildman–Crippen LogP) is -0.388. The topological polar surface area (TPSA) is 84.2 Å². The molecule has 0 heterocycles. The van der Waals surface area contributed by atoms with Crippen LogP contribution in [0.25, 0.3) is 0 Å². The summed E-state index contributed by atoms with van der Waals surface area (Å²) in [7, 11) is 0. The lowest BCUT2D eigenvalue weighted by atomic mass is 10.1. The van der Waals surface area contributed by atoms with Gasteiger partial charge in [0.2, 0.25) is 11.8 Å². The molecule has 0 saturated heterocycles. The van der Waals surface area contributed by atoms with Gasteiger partial charge in [0.25, 0.3) is 0 Å². The molecule has 0 rings (SSSR count). The van der Waals surface area contributed by atoms with Gasteiger partial charge in [-0.1, -0.05) is 13.8 Å². The van der Waals surface area contributed by atoms with Gasteiger partial charge in [0.1, 0.15) is 0 Å². The van der Waals surface area contributed by atoms with Crippen molar-refractivity contribution in [2.75, 3.05) is 13.1 Å². The average molecular weight is 215 g/mol. The maximum atomic E-state index is 11.4. The van der Waals surface area contributed by atoms with Gasteiger partial charge in [-0.3, -0.25) is 9.59 Å². The van der Waals surface area contributed by atoms with E-state index in [-0.39, 0.29) is 23.8 Å². The molecule has 88 valence electrons. The zero-order chi connectivity index (χ0) is 11.8. The lowest BCUT2D eigenvalue weighted by Crippen LogP contribution is -2.45. The molecular weight excluding hydrogens is 194 g/mol. The SMILES string of the molecule is CCCNC(=O)C(C)NCC(C)C(N)=O. The first kappa shape index (κ1) is 13.9. The number of primary amides is 1. The summed E-state index contributed by atoms with van der Waals surface area (Å²) in [6, 6.07) is -0.293. The maximum absolute atomic E-state index is 11.4. The lowest BCUT2D eigenvalue weighted by Gasteiger charge is -2.15. The summed E-state index contributed by atoms with van der Waals surface area (Å²) in [4.78, 5) is 22.1. The van der Waals surface area contributed by atoms with E-state index in [0.717, 1.165) is 6.42 Å². The third kappa shape index (κ3) is 6.06. The molecule has 15 heavy (non-hydrogen) atoms. The van der Waals surface area contributed by atoms with Crippen molar-refractivity contribution in [1.29, 1.82) is 0 Å². The first-order valence-electron chi connectivity index (χ1n) is 5.29.